The smallest absolute Gasteiger partial charge is 0.253 e. The zero-order valence-corrected chi connectivity index (χ0v) is 12.2. The van der Waals surface area contributed by atoms with Gasteiger partial charge in [0.2, 0.25) is 0 Å². The molecule has 2 fully saturated rings. The lowest BCUT2D eigenvalue weighted by atomic mass is 9.95. The summed E-state index contributed by atoms with van der Waals surface area (Å²) in [6.07, 6.45) is 5.32. The van der Waals surface area contributed by atoms with Crippen molar-refractivity contribution >= 4 is 17.3 Å². The Morgan fingerprint density at radius 3 is 2.70 bits per heavy atom. The van der Waals surface area contributed by atoms with Crippen molar-refractivity contribution in [2.45, 2.75) is 31.7 Å². The largest absolute Gasteiger partial charge is 0.397 e. The van der Waals surface area contributed by atoms with Crippen molar-refractivity contribution in [3.63, 3.8) is 0 Å². The molecule has 0 aromatic heterocycles. The van der Waals surface area contributed by atoms with Crippen LogP contribution in [0, 0.1) is 11.8 Å². The number of nitrogens with two attached hydrogens (primary N) is 1. The molecule has 3 unspecified atom stereocenters. The number of rotatable bonds is 3. The molecule has 2 bridgehead atoms. The van der Waals surface area contributed by atoms with Crippen molar-refractivity contribution in [2.24, 2.45) is 11.8 Å². The molecule has 0 aliphatic heterocycles. The first-order valence-corrected chi connectivity index (χ1v) is 7.42. The molecule has 2 saturated carbocycles. The van der Waals surface area contributed by atoms with Gasteiger partial charge in [0.1, 0.15) is 0 Å². The molecule has 0 heterocycles. The first-order valence-electron chi connectivity index (χ1n) is 7.42. The highest BCUT2D eigenvalue weighted by atomic mass is 16.2. The van der Waals surface area contributed by atoms with E-state index >= 15 is 0 Å². The van der Waals surface area contributed by atoms with E-state index in [4.69, 9.17) is 5.73 Å². The molecular weight excluding hydrogens is 250 g/mol. The fourth-order valence-electron chi connectivity index (χ4n) is 3.69. The van der Waals surface area contributed by atoms with Crippen molar-refractivity contribution in [3.8, 4) is 0 Å². The van der Waals surface area contributed by atoms with E-state index in [9.17, 15) is 4.79 Å². The van der Waals surface area contributed by atoms with E-state index in [1.54, 1.807) is 25.1 Å². The minimum atomic E-state index is 0.0148. The van der Waals surface area contributed by atoms with E-state index in [0.717, 1.165) is 23.2 Å². The second kappa shape index (κ2) is 5.00. The number of carbonyl (C=O) groups is 1. The number of nitrogens with one attached hydrogen (secondary N) is 1. The van der Waals surface area contributed by atoms with Gasteiger partial charge in [-0.3, -0.25) is 4.79 Å². The number of anilines is 2. The Hall–Kier alpha value is -1.71. The molecule has 1 aromatic carbocycles. The van der Waals surface area contributed by atoms with Crippen molar-refractivity contribution in [1.82, 2.24) is 4.90 Å². The SMILES string of the molecule is CN(C)C(=O)c1ccc(N)c(NC2CC3CCC2C3)c1. The van der Waals surface area contributed by atoms with Gasteiger partial charge in [-0.05, 0) is 49.3 Å². The molecule has 4 heteroatoms. The Balaban J connectivity index is 1.78. The van der Waals surface area contributed by atoms with Gasteiger partial charge in [0.05, 0.1) is 11.4 Å². The highest BCUT2D eigenvalue weighted by Crippen LogP contribution is 2.45. The molecule has 0 radical (unpaired) electrons. The van der Waals surface area contributed by atoms with Gasteiger partial charge in [-0.25, -0.2) is 0 Å². The van der Waals surface area contributed by atoms with Crippen LogP contribution in [0.4, 0.5) is 11.4 Å². The molecule has 1 aromatic rings. The minimum absolute atomic E-state index is 0.0148. The lowest BCUT2D eigenvalue weighted by Crippen LogP contribution is -2.27. The van der Waals surface area contributed by atoms with E-state index in [1.165, 1.54) is 25.7 Å². The number of nitrogens with zero attached hydrogens (tertiary/aromatic N) is 1. The summed E-state index contributed by atoms with van der Waals surface area (Å²) >= 11 is 0. The van der Waals surface area contributed by atoms with Gasteiger partial charge in [-0.15, -0.1) is 0 Å². The van der Waals surface area contributed by atoms with Crippen molar-refractivity contribution in [2.75, 3.05) is 25.1 Å². The molecule has 1 amide bonds. The average Bonchev–Trinajstić information content (AvgIpc) is 3.02. The third-order valence-corrected chi connectivity index (χ3v) is 4.79. The maximum Gasteiger partial charge on any atom is 0.253 e. The first-order chi connectivity index (χ1) is 9.54. The van der Waals surface area contributed by atoms with Crippen molar-refractivity contribution in [3.05, 3.63) is 23.8 Å². The second-order valence-electron chi connectivity index (χ2n) is 6.43. The Kier molecular flexibility index (Phi) is 3.32. The molecule has 3 atom stereocenters. The summed E-state index contributed by atoms with van der Waals surface area (Å²) in [5, 5.41) is 3.58. The highest BCUT2D eigenvalue weighted by Gasteiger charge is 2.39. The molecule has 2 aliphatic carbocycles. The fraction of sp³-hybridized carbons (Fsp3) is 0.562. The predicted octanol–water partition coefficient (Wildman–Crippen LogP) is 2.57. The van der Waals surface area contributed by atoms with Crippen LogP contribution in [0.25, 0.3) is 0 Å². The fourth-order valence-corrected chi connectivity index (χ4v) is 3.69. The number of hydrogen-bond donors (Lipinski definition) is 2. The van der Waals surface area contributed by atoms with Crippen LogP contribution in [0.1, 0.15) is 36.0 Å². The Morgan fingerprint density at radius 2 is 2.10 bits per heavy atom. The van der Waals surface area contributed by atoms with Crippen LogP contribution in [0.5, 0.6) is 0 Å². The lowest BCUT2D eigenvalue weighted by Gasteiger charge is -2.25. The number of benzene rings is 1. The summed E-state index contributed by atoms with van der Waals surface area (Å²) in [5.41, 5.74) is 8.38. The van der Waals surface area contributed by atoms with Crippen LogP contribution in [0.15, 0.2) is 18.2 Å². The van der Waals surface area contributed by atoms with Crippen LogP contribution < -0.4 is 11.1 Å². The zero-order valence-electron chi connectivity index (χ0n) is 12.2. The topological polar surface area (TPSA) is 58.4 Å². The maximum atomic E-state index is 12.0. The van der Waals surface area contributed by atoms with Crippen LogP contribution in [-0.2, 0) is 0 Å². The summed E-state index contributed by atoms with van der Waals surface area (Å²) in [6, 6.07) is 6.04. The molecule has 3 rings (SSSR count). The number of fused-ring (bicyclic) bond motifs is 2. The summed E-state index contributed by atoms with van der Waals surface area (Å²) in [7, 11) is 3.53. The third kappa shape index (κ3) is 2.35. The zero-order chi connectivity index (χ0) is 14.3. The summed E-state index contributed by atoms with van der Waals surface area (Å²) in [6.45, 7) is 0. The molecule has 4 nitrogen and oxygen atoms in total. The Morgan fingerprint density at radius 1 is 1.30 bits per heavy atom. The molecule has 108 valence electrons. The van der Waals surface area contributed by atoms with Gasteiger partial charge in [-0.2, -0.15) is 0 Å². The van der Waals surface area contributed by atoms with Crippen LogP contribution in [-0.4, -0.2) is 30.9 Å². The maximum absolute atomic E-state index is 12.0. The molecular formula is C16H23N3O. The van der Waals surface area contributed by atoms with E-state index in [2.05, 4.69) is 5.32 Å². The molecule has 3 N–H and O–H groups in total. The van der Waals surface area contributed by atoms with E-state index < -0.39 is 0 Å². The molecule has 20 heavy (non-hydrogen) atoms. The van der Waals surface area contributed by atoms with Gasteiger partial charge in [0, 0.05) is 25.7 Å². The van der Waals surface area contributed by atoms with Gasteiger partial charge in [0.15, 0.2) is 0 Å². The molecule has 0 spiro atoms. The molecule has 2 aliphatic rings. The van der Waals surface area contributed by atoms with Crippen LogP contribution >= 0.6 is 0 Å². The normalized spacial score (nSPS) is 27.6. The standard InChI is InChI=1S/C16H23N3O/c1-19(2)16(20)12-5-6-13(17)15(9-12)18-14-8-10-3-4-11(14)7-10/h5-6,9-11,14,18H,3-4,7-8,17H2,1-2H3. The number of hydrogen-bond acceptors (Lipinski definition) is 3. The number of carbonyl (C=O) groups excluding carboxylic acids is 1. The second-order valence-corrected chi connectivity index (χ2v) is 6.43. The average molecular weight is 273 g/mol. The van der Waals surface area contributed by atoms with Crippen molar-refractivity contribution in [1.29, 1.82) is 0 Å². The molecule has 0 saturated heterocycles. The van der Waals surface area contributed by atoms with Gasteiger partial charge in [0.25, 0.3) is 5.91 Å². The highest BCUT2D eigenvalue weighted by molar-refractivity contribution is 5.95. The lowest BCUT2D eigenvalue weighted by molar-refractivity contribution is 0.0827. The van der Waals surface area contributed by atoms with Crippen molar-refractivity contribution < 1.29 is 4.79 Å². The quantitative estimate of drug-likeness (QED) is 0.832. The first kappa shape index (κ1) is 13.3. The minimum Gasteiger partial charge on any atom is -0.397 e. The Bertz CT molecular complexity index is 526. The predicted molar refractivity (Wildman–Crippen MR) is 81.7 cm³/mol. The van der Waals surface area contributed by atoms with E-state index in [1.807, 2.05) is 12.1 Å². The number of amides is 1. The number of nitrogen functional groups attached to an aromatic ring is 1. The van der Waals surface area contributed by atoms with Crippen LogP contribution in [0.2, 0.25) is 0 Å². The summed E-state index contributed by atoms with van der Waals surface area (Å²) < 4.78 is 0. The summed E-state index contributed by atoms with van der Waals surface area (Å²) in [4.78, 5) is 13.6. The van der Waals surface area contributed by atoms with E-state index in [-0.39, 0.29) is 5.91 Å². The summed E-state index contributed by atoms with van der Waals surface area (Å²) in [5.74, 6) is 1.69. The Labute approximate surface area is 120 Å². The van der Waals surface area contributed by atoms with E-state index in [0.29, 0.717) is 11.6 Å². The monoisotopic (exact) mass is 273 g/mol. The van der Waals surface area contributed by atoms with Crippen LogP contribution in [0.3, 0.4) is 0 Å². The van der Waals surface area contributed by atoms with Gasteiger partial charge in [-0.1, -0.05) is 6.42 Å². The van der Waals surface area contributed by atoms with Gasteiger partial charge >= 0.3 is 0 Å². The third-order valence-electron chi connectivity index (χ3n) is 4.79. The van der Waals surface area contributed by atoms with Gasteiger partial charge < -0.3 is 16.0 Å².